The van der Waals surface area contributed by atoms with Crippen molar-refractivity contribution in [1.29, 1.82) is 0 Å². The Morgan fingerprint density at radius 3 is 2.64 bits per heavy atom. The topological polar surface area (TPSA) is 20.2 Å². The highest BCUT2D eigenvalue weighted by atomic mass is 16.3. The summed E-state index contributed by atoms with van der Waals surface area (Å²) < 4.78 is 0. The molecule has 0 aliphatic heterocycles. The van der Waals surface area contributed by atoms with Gasteiger partial charge in [-0.3, -0.25) is 0 Å². The lowest BCUT2D eigenvalue weighted by atomic mass is 9.52. The molecule has 1 heteroatoms. The van der Waals surface area contributed by atoms with Crippen LogP contribution in [0.25, 0.3) is 0 Å². The summed E-state index contributed by atoms with van der Waals surface area (Å²) in [5.41, 5.74) is 0.537. The van der Waals surface area contributed by atoms with E-state index >= 15 is 0 Å². The number of aliphatic hydroxyl groups is 1. The van der Waals surface area contributed by atoms with Gasteiger partial charge in [0.15, 0.2) is 0 Å². The molecule has 0 radical (unpaired) electrons. The lowest BCUT2D eigenvalue weighted by Gasteiger charge is -2.54. The molecule has 0 saturated heterocycles. The summed E-state index contributed by atoms with van der Waals surface area (Å²) >= 11 is 0. The highest BCUT2D eigenvalue weighted by Gasteiger charge is 2.50. The van der Waals surface area contributed by atoms with Gasteiger partial charge in [0.1, 0.15) is 0 Å². The van der Waals surface area contributed by atoms with Crippen molar-refractivity contribution < 1.29 is 5.11 Å². The monoisotopic (exact) mass is 194 g/mol. The van der Waals surface area contributed by atoms with Gasteiger partial charge in [0, 0.05) is 0 Å². The molecule has 14 heavy (non-hydrogen) atoms. The van der Waals surface area contributed by atoms with Gasteiger partial charge in [-0.2, -0.15) is 0 Å². The van der Waals surface area contributed by atoms with Crippen LogP contribution in [-0.4, -0.2) is 11.2 Å². The Labute approximate surface area is 87.2 Å². The molecule has 3 atom stereocenters. The molecule has 80 valence electrons. The van der Waals surface area contributed by atoms with Gasteiger partial charge in [-0.05, 0) is 42.4 Å². The van der Waals surface area contributed by atoms with Crippen LogP contribution in [0.5, 0.6) is 0 Å². The van der Waals surface area contributed by atoms with Gasteiger partial charge in [-0.15, -0.1) is 0 Å². The molecule has 1 N–H and O–H groups in total. The van der Waals surface area contributed by atoms with Crippen LogP contribution in [-0.2, 0) is 0 Å². The highest BCUT2D eigenvalue weighted by Crippen LogP contribution is 2.55. The molecule has 0 bridgehead atoms. The second-order valence-electron chi connectivity index (χ2n) is 5.99. The maximum absolute atomic E-state index is 10.1. The quantitative estimate of drug-likeness (QED) is 0.587. The molecule has 0 heterocycles. The van der Waals surface area contributed by atoms with Crippen molar-refractivity contribution in [2.24, 2.45) is 16.7 Å². The Hall–Kier alpha value is -0.300. The predicted octanol–water partition coefficient (Wildman–Crippen LogP) is 3.14. The zero-order valence-corrected chi connectivity index (χ0v) is 9.59. The van der Waals surface area contributed by atoms with Gasteiger partial charge < -0.3 is 5.11 Å². The van der Waals surface area contributed by atoms with E-state index in [4.69, 9.17) is 0 Å². The fourth-order valence-electron chi connectivity index (χ4n) is 3.56. The molecule has 2 aliphatic carbocycles. The van der Waals surface area contributed by atoms with E-state index in [1.807, 2.05) is 0 Å². The number of allylic oxidation sites excluding steroid dienone is 2. The Bertz CT molecular complexity index is 254. The highest BCUT2D eigenvalue weighted by molar-refractivity contribution is 5.08. The minimum Gasteiger partial charge on any atom is -0.393 e. The van der Waals surface area contributed by atoms with Crippen molar-refractivity contribution in [3.63, 3.8) is 0 Å². The van der Waals surface area contributed by atoms with E-state index in [0.717, 1.165) is 12.8 Å². The Kier molecular flexibility index (Phi) is 2.26. The number of aliphatic hydroxyl groups excluding tert-OH is 1. The van der Waals surface area contributed by atoms with E-state index in [0.29, 0.717) is 11.3 Å². The molecular formula is C13H22O. The van der Waals surface area contributed by atoms with Crippen LogP contribution in [0.2, 0.25) is 0 Å². The molecule has 2 aliphatic rings. The zero-order valence-electron chi connectivity index (χ0n) is 9.59. The van der Waals surface area contributed by atoms with Gasteiger partial charge in [0.25, 0.3) is 0 Å². The molecule has 0 amide bonds. The predicted molar refractivity (Wildman–Crippen MR) is 59.0 cm³/mol. The third-order valence-electron chi connectivity index (χ3n) is 4.71. The average Bonchev–Trinajstić information content (AvgIpc) is 2.13. The maximum Gasteiger partial charge on any atom is 0.0594 e. The Balaban J connectivity index is 2.31. The fourth-order valence-corrected chi connectivity index (χ4v) is 3.56. The lowest BCUT2D eigenvalue weighted by molar-refractivity contribution is -0.0951. The van der Waals surface area contributed by atoms with Crippen LogP contribution in [0.3, 0.4) is 0 Å². The first-order chi connectivity index (χ1) is 6.47. The van der Waals surface area contributed by atoms with Gasteiger partial charge >= 0.3 is 0 Å². The number of fused-ring (bicyclic) bond motifs is 1. The van der Waals surface area contributed by atoms with Crippen LogP contribution in [0.15, 0.2) is 12.2 Å². The SMILES string of the molecule is CC1(C)[C@H]2CC=CC[C@]2(C)CC[C@@H]1O. The normalized spacial score (nSPS) is 46.0. The van der Waals surface area contributed by atoms with Crippen LogP contribution in [0.4, 0.5) is 0 Å². The van der Waals surface area contributed by atoms with Crippen molar-refractivity contribution in [2.75, 3.05) is 0 Å². The molecule has 0 aromatic carbocycles. The summed E-state index contributed by atoms with van der Waals surface area (Å²) in [6, 6.07) is 0. The second kappa shape index (κ2) is 3.10. The minimum atomic E-state index is -0.105. The summed E-state index contributed by atoms with van der Waals surface area (Å²) in [7, 11) is 0. The van der Waals surface area contributed by atoms with Gasteiger partial charge in [-0.1, -0.05) is 32.9 Å². The average molecular weight is 194 g/mol. The van der Waals surface area contributed by atoms with Crippen LogP contribution >= 0.6 is 0 Å². The van der Waals surface area contributed by atoms with Gasteiger partial charge in [-0.25, -0.2) is 0 Å². The van der Waals surface area contributed by atoms with E-state index in [-0.39, 0.29) is 11.5 Å². The summed E-state index contributed by atoms with van der Waals surface area (Å²) in [5.74, 6) is 0.656. The molecule has 1 fully saturated rings. The van der Waals surface area contributed by atoms with Crippen molar-refractivity contribution in [3.05, 3.63) is 12.2 Å². The third-order valence-corrected chi connectivity index (χ3v) is 4.71. The molecule has 0 spiro atoms. The summed E-state index contributed by atoms with van der Waals surface area (Å²) in [6.07, 6.45) is 9.04. The van der Waals surface area contributed by atoms with Crippen molar-refractivity contribution in [1.82, 2.24) is 0 Å². The molecule has 1 saturated carbocycles. The smallest absolute Gasteiger partial charge is 0.0594 e. The first-order valence-electron chi connectivity index (χ1n) is 5.80. The van der Waals surface area contributed by atoms with Crippen LogP contribution in [0.1, 0.15) is 46.5 Å². The second-order valence-corrected chi connectivity index (χ2v) is 5.99. The van der Waals surface area contributed by atoms with Crippen LogP contribution < -0.4 is 0 Å². The largest absolute Gasteiger partial charge is 0.393 e. The van der Waals surface area contributed by atoms with Crippen molar-refractivity contribution in [2.45, 2.75) is 52.6 Å². The molecule has 0 aromatic heterocycles. The van der Waals surface area contributed by atoms with Crippen molar-refractivity contribution in [3.8, 4) is 0 Å². The van der Waals surface area contributed by atoms with Crippen molar-refractivity contribution >= 4 is 0 Å². The van der Waals surface area contributed by atoms with E-state index in [2.05, 4.69) is 32.9 Å². The zero-order chi connectivity index (χ0) is 10.4. The Morgan fingerprint density at radius 1 is 1.21 bits per heavy atom. The molecule has 1 nitrogen and oxygen atoms in total. The lowest BCUT2D eigenvalue weighted by Crippen LogP contribution is -2.50. The standard InChI is InChI=1S/C13H22O/c1-12(2)10-6-4-5-8-13(10,3)9-7-11(12)14/h4-5,10-11,14H,6-9H2,1-3H3/t10-,11+,13-/m1/s1. The molecular weight excluding hydrogens is 172 g/mol. The molecule has 0 aromatic rings. The number of hydrogen-bond donors (Lipinski definition) is 1. The van der Waals surface area contributed by atoms with Crippen LogP contribution in [0, 0.1) is 16.7 Å². The van der Waals surface area contributed by atoms with E-state index < -0.39 is 0 Å². The summed E-state index contributed by atoms with van der Waals surface area (Å²) in [5, 5.41) is 10.1. The molecule has 0 unspecified atom stereocenters. The maximum atomic E-state index is 10.1. The third kappa shape index (κ3) is 1.33. The molecule has 2 rings (SSSR count). The van der Waals surface area contributed by atoms with E-state index in [1.165, 1.54) is 12.8 Å². The summed E-state index contributed by atoms with van der Waals surface area (Å²) in [6.45, 7) is 6.87. The number of hydrogen-bond acceptors (Lipinski definition) is 1. The first-order valence-corrected chi connectivity index (χ1v) is 5.80. The first kappa shape index (κ1) is 10.2. The van der Waals surface area contributed by atoms with Gasteiger partial charge in [0.2, 0.25) is 0 Å². The Morgan fingerprint density at radius 2 is 1.93 bits per heavy atom. The van der Waals surface area contributed by atoms with E-state index in [9.17, 15) is 5.11 Å². The number of rotatable bonds is 0. The van der Waals surface area contributed by atoms with E-state index in [1.54, 1.807) is 0 Å². The van der Waals surface area contributed by atoms with Gasteiger partial charge in [0.05, 0.1) is 6.10 Å². The summed E-state index contributed by atoms with van der Waals surface area (Å²) in [4.78, 5) is 0. The fraction of sp³-hybridized carbons (Fsp3) is 0.846. The minimum absolute atomic E-state index is 0.0950.